The van der Waals surface area contributed by atoms with E-state index in [1.165, 1.54) is 0 Å². The van der Waals surface area contributed by atoms with Crippen LogP contribution in [0, 0.1) is 6.92 Å². The zero-order valence-corrected chi connectivity index (χ0v) is 12.9. The van der Waals surface area contributed by atoms with E-state index in [0.717, 1.165) is 16.9 Å². The Bertz CT molecular complexity index is 988. The van der Waals surface area contributed by atoms with Gasteiger partial charge in [0.05, 0.1) is 6.20 Å². The van der Waals surface area contributed by atoms with Gasteiger partial charge in [0.15, 0.2) is 5.82 Å². The van der Waals surface area contributed by atoms with Gasteiger partial charge in [-0.15, -0.1) is 5.10 Å². The third kappa shape index (κ3) is 2.62. The van der Waals surface area contributed by atoms with Crippen LogP contribution < -0.4 is 5.32 Å². The first-order valence-corrected chi connectivity index (χ1v) is 7.32. The maximum absolute atomic E-state index is 5.95. The minimum atomic E-state index is 0.167. The van der Waals surface area contributed by atoms with Crippen molar-refractivity contribution in [1.82, 2.24) is 29.1 Å². The first-order valence-electron chi connectivity index (χ1n) is 6.94. The number of nitrogens with zero attached hydrogens (tertiary/aromatic N) is 6. The van der Waals surface area contributed by atoms with Crippen molar-refractivity contribution in [2.75, 3.05) is 5.32 Å². The van der Waals surface area contributed by atoms with Crippen LogP contribution in [-0.4, -0.2) is 29.1 Å². The molecule has 4 heterocycles. The summed E-state index contributed by atoms with van der Waals surface area (Å²) in [6.45, 7) is 1.95. The second kappa shape index (κ2) is 5.36. The number of aryl methyl sites for hydroxylation is 1. The average molecular weight is 326 g/mol. The lowest BCUT2D eigenvalue weighted by molar-refractivity contribution is 0.907. The van der Waals surface area contributed by atoms with Crippen LogP contribution in [0.15, 0.2) is 49.2 Å². The maximum Gasteiger partial charge on any atom is 0.243 e. The molecule has 0 amide bonds. The van der Waals surface area contributed by atoms with Crippen LogP contribution in [0.2, 0.25) is 5.28 Å². The molecule has 0 aliphatic carbocycles. The first kappa shape index (κ1) is 13.7. The van der Waals surface area contributed by atoms with E-state index in [1.807, 2.05) is 48.1 Å². The minimum absolute atomic E-state index is 0.167. The first-order chi connectivity index (χ1) is 11.2. The van der Waals surface area contributed by atoms with E-state index in [4.69, 9.17) is 11.6 Å². The molecule has 23 heavy (non-hydrogen) atoms. The number of hydrogen-bond acceptors (Lipinski definition) is 5. The number of fused-ring (bicyclic) bond motifs is 1. The van der Waals surface area contributed by atoms with E-state index >= 15 is 0 Å². The fourth-order valence-corrected chi connectivity index (χ4v) is 2.51. The molecule has 0 saturated carbocycles. The molecule has 0 fully saturated rings. The number of anilines is 2. The number of aromatic nitrogens is 6. The molecule has 0 bridgehead atoms. The van der Waals surface area contributed by atoms with Gasteiger partial charge in [-0.2, -0.15) is 4.98 Å². The Hall–Kier alpha value is -2.93. The molecule has 7 nitrogen and oxygen atoms in total. The summed E-state index contributed by atoms with van der Waals surface area (Å²) in [5.74, 6) is 1.27. The number of nitrogens with one attached hydrogen (secondary N) is 1. The molecule has 0 radical (unpaired) electrons. The third-order valence-electron chi connectivity index (χ3n) is 3.37. The van der Waals surface area contributed by atoms with E-state index in [1.54, 1.807) is 17.0 Å². The molecule has 8 heteroatoms. The summed E-state index contributed by atoms with van der Waals surface area (Å²) < 4.78 is 3.58. The van der Waals surface area contributed by atoms with Crippen molar-refractivity contribution in [3.63, 3.8) is 0 Å². The molecule has 4 aromatic rings. The second-order valence-corrected chi connectivity index (χ2v) is 5.35. The fraction of sp³-hybridized carbons (Fsp3) is 0.0667. The Kier molecular flexibility index (Phi) is 3.20. The lowest BCUT2D eigenvalue weighted by Gasteiger charge is -2.05. The largest absolute Gasteiger partial charge is 0.322 e. The lowest BCUT2D eigenvalue weighted by atomic mass is 10.3. The summed E-state index contributed by atoms with van der Waals surface area (Å²) in [4.78, 5) is 12.8. The molecular formula is C15H12ClN7. The lowest BCUT2D eigenvalue weighted by Crippen LogP contribution is -2.01. The van der Waals surface area contributed by atoms with Crippen molar-refractivity contribution in [1.29, 1.82) is 0 Å². The monoisotopic (exact) mass is 325 g/mol. The van der Waals surface area contributed by atoms with Gasteiger partial charge >= 0.3 is 0 Å². The topological polar surface area (TPSA) is 72.9 Å². The van der Waals surface area contributed by atoms with E-state index < -0.39 is 0 Å². The Morgan fingerprint density at radius 1 is 1.22 bits per heavy atom. The van der Waals surface area contributed by atoms with E-state index in [2.05, 4.69) is 25.4 Å². The molecule has 4 rings (SSSR count). The fourth-order valence-electron chi connectivity index (χ4n) is 2.34. The Labute approximate surface area is 136 Å². The van der Waals surface area contributed by atoms with Crippen LogP contribution in [0.1, 0.15) is 5.69 Å². The summed E-state index contributed by atoms with van der Waals surface area (Å²) in [6, 6.07) is 7.69. The molecule has 4 aromatic heterocycles. The number of hydrogen-bond donors (Lipinski definition) is 1. The Morgan fingerprint density at radius 2 is 2.13 bits per heavy atom. The molecular weight excluding hydrogens is 314 g/mol. The molecule has 114 valence electrons. The zero-order chi connectivity index (χ0) is 15.8. The van der Waals surface area contributed by atoms with Crippen molar-refractivity contribution >= 4 is 28.8 Å². The van der Waals surface area contributed by atoms with Gasteiger partial charge in [-0.05, 0) is 42.8 Å². The number of pyridine rings is 1. The summed E-state index contributed by atoms with van der Waals surface area (Å²) in [6.07, 6.45) is 7.19. The highest BCUT2D eigenvalue weighted by atomic mass is 35.5. The molecule has 0 aliphatic rings. The summed E-state index contributed by atoms with van der Waals surface area (Å²) >= 11 is 5.95. The van der Waals surface area contributed by atoms with Crippen molar-refractivity contribution in [3.05, 3.63) is 60.2 Å². The number of halogens is 1. The zero-order valence-electron chi connectivity index (χ0n) is 12.2. The van der Waals surface area contributed by atoms with Crippen LogP contribution in [0.4, 0.5) is 11.6 Å². The summed E-state index contributed by atoms with van der Waals surface area (Å²) in [5, 5.41) is 7.44. The average Bonchev–Trinajstić information content (AvgIpc) is 3.16. The van der Waals surface area contributed by atoms with Gasteiger partial charge in [0.1, 0.15) is 17.7 Å². The highest BCUT2D eigenvalue weighted by Gasteiger charge is 2.08. The Balaban J connectivity index is 1.68. The van der Waals surface area contributed by atoms with Gasteiger partial charge in [-0.25, -0.2) is 9.50 Å². The third-order valence-corrected chi connectivity index (χ3v) is 3.53. The molecule has 0 unspecified atom stereocenters. The van der Waals surface area contributed by atoms with E-state index in [-0.39, 0.29) is 5.28 Å². The summed E-state index contributed by atoms with van der Waals surface area (Å²) in [5.41, 5.74) is 2.76. The maximum atomic E-state index is 5.95. The van der Waals surface area contributed by atoms with Crippen molar-refractivity contribution in [2.24, 2.45) is 0 Å². The molecule has 0 saturated heterocycles. The van der Waals surface area contributed by atoms with Gasteiger partial charge in [0.25, 0.3) is 0 Å². The van der Waals surface area contributed by atoms with Crippen LogP contribution in [-0.2, 0) is 0 Å². The van der Waals surface area contributed by atoms with Gasteiger partial charge in [0, 0.05) is 23.8 Å². The van der Waals surface area contributed by atoms with E-state index in [0.29, 0.717) is 11.6 Å². The van der Waals surface area contributed by atoms with Crippen LogP contribution in [0.25, 0.3) is 11.2 Å². The second-order valence-electron chi connectivity index (χ2n) is 5.01. The van der Waals surface area contributed by atoms with Gasteiger partial charge in [-0.3, -0.25) is 4.98 Å². The van der Waals surface area contributed by atoms with Crippen molar-refractivity contribution in [2.45, 2.75) is 6.92 Å². The molecule has 1 N–H and O–H groups in total. The number of imidazole rings is 1. The standard InChI is InChI=1S/C15H12ClN7/c1-10-7-11(4-5-17-10)22-8-13(18-9-22)19-14-12-3-2-6-23(12)21-15(16)20-14/h2-9H,1H3,(H,19,20,21). The van der Waals surface area contributed by atoms with Crippen LogP contribution >= 0.6 is 11.6 Å². The molecule has 0 aromatic carbocycles. The molecule has 0 spiro atoms. The predicted molar refractivity (Wildman–Crippen MR) is 87.4 cm³/mol. The highest BCUT2D eigenvalue weighted by Crippen LogP contribution is 2.21. The normalized spacial score (nSPS) is 11.0. The van der Waals surface area contributed by atoms with Crippen molar-refractivity contribution in [3.8, 4) is 5.69 Å². The quantitative estimate of drug-likeness (QED) is 0.627. The predicted octanol–water partition coefficient (Wildman–Crippen LogP) is 3.02. The number of rotatable bonds is 3. The van der Waals surface area contributed by atoms with Crippen LogP contribution in [0.5, 0.6) is 0 Å². The highest BCUT2D eigenvalue weighted by molar-refractivity contribution is 6.28. The SMILES string of the molecule is Cc1cc(-n2cnc(Nc3nc(Cl)nn4cccc34)c2)ccn1. The molecule has 0 aliphatic heterocycles. The Morgan fingerprint density at radius 3 is 3.00 bits per heavy atom. The van der Waals surface area contributed by atoms with Gasteiger partial charge < -0.3 is 9.88 Å². The minimum Gasteiger partial charge on any atom is -0.322 e. The van der Waals surface area contributed by atoms with E-state index in [9.17, 15) is 0 Å². The molecule has 0 atom stereocenters. The smallest absolute Gasteiger partial charge is 0.243 e. The van der Waals surface area contributed by atoms with Crippen LogP contribution in [0.3, 0.4) is 0 Å². The summed E-state index contributed by atoms with van der Waals surface area (Å²) in [7, 11) is 0. The van der Waals surface area contributed by atoms with Crippen molar-refractivity contribution < 1.29 is 0 Å². The van der Waals surface area contributed by atoms with Gasteiger partial charge in [0.2, 0.25) is 5.28 Å². The van der Waals surface area contributed by atoms with Gasteiger partial charge in [-0.1, -0.05) is 0 Å².